The third kappa shape index (κ3) is 5.47. The maximum atomic E-state index is 13.5. The summed E-state index contributed by atoms with van der Waals surface area (Å²) in [6.45, 7) is 6.73. The molecule has 4 rings (SSSR count). The quantitative estimate of drug-likeness (QED) is 0.500. The first-order valence-corrected chi connectivity index (χ1v) is 13.1. The number of carbonyl (C=O) groups is 1. The van der Waals surface area contributed by atoms with Gasteiger partial charge in [0, 0.05) is 29.2 Å². The molecule has 0 aliphatic carbocycles. The van der Waals surface area contributed by atoms with Crippen LogP contribution in [0.15, 0.2) is 59.1 Å². The first kappa shape index (κ1) is 23.5. The molecule has 6 nitrogen and oxygen atoms in total. The molecule has 1 aromatic heterocycles. The summed E-state index contributed by atoms with van der Waals surface area (Å²) < 4.78 is 29.7. The Morgan fingerprint density at radius 1 is 1.12 bits per heavy atom. The Labute approximate surface area is 199 Å². The van der Waals surface area contributed by atoms with E-state index in [1.54, 1.807) is 35.2 Å². The Hall–Kier alpha value is -2.64. The number of halogens is 1. The summed E-state index contributed by atoms with van der Waals surface area (Å²) in [4.78, 5) is 15.1. The summed E-state index contributed by atoms with van der Waals surface area (Å²) in [6.07, 6.45) is 0.413. The molecular weight excluding hydrogens is 460 g/mol. The topological polar surface area (TPSA) is 80.5 Å². The van der Waals surface area contributed by atoms with E-state index in [0.29, 0.717) is 23.7 Å². The van der Waals surface area contributed by atoms with Gasteiger partial charge in [0.15, 0.2) is 21.3 Å². The normalized spacial score (nSPS) is 17.8. The predicted octanol–water partition coefficient (Wildman–Crippen LogP) is 5.12. The van der Waals surface area contributed by atoms with E-state index in [4.69, 9.17) is 16.1 Å². The lowest BCUT2D eigenvalue weighted by molar-refractivity contribution is 0.0670. The smallest absolute Gasteiger partial charge is 0.276 e. The van der Waals surface area contributed by atoms with Gasteiger partial charge >= 0.3 is 0 Å². The van der Waals surface area contributed by atoms with Crippen LogP contribution in [-0.2, 0) is 21.8 Å². The van der Waals surface area contributed by atoms with Gasteiger partial charge in [-0.15, -0.1) is 0 Å². The number of hydrogen-bond donors (Lipinski definition) is 0. The fraction of sp³-hybridized carbons (Fsp3) is 0.360. The van der Waals surface area contributed by atoms with Crippen LogP contribution < -0.4 is 0 Å². The van der Waals surface area contributed by atoms with Crippen LogP contribution in [-0.4, -0.2) is 41.9 Å². The first-order chi connectivity index (χ1) is 15.5. The number of aromatic nitrogens is 1. The summed E-state index contributed by atoms with van der Waals surface area (Å²) in [6, 6.07) is 16.3. The maximum Gasteiger partial charge on any atom is 0.276 e. The van der Waals surface area contributed by atoms with Gasteiger partial charge in [-0.3, -0.25) is 4.79 Å². The molecule has 0 N–H and O–H groups in total. The standard InChI is InChI=1S/C25H27ClN2O4S/c1-25(2,3)19-8-4-17(5-9-19)15-28(21-12-13-33(30,31)16-21)24(29)22-14-23(32-27-22)18-6-10-20(26)11-7-18/h4-11,14,21H,12-13,15-16H2,1-3H3/t21-/m1/s1. The number of sulfone groups is 1. The van der Waals surface area contributed by atoms with Crippen LogP contribution >= 0.6 is 11.6 Å². The molecule has 1 aliphatic rings. The van der Waals surface area contributed by atoms with Crippen molar-refractivity contribution in [2.45, 2.75) is 45.2 Å². The van der Waals surface area contributed by atoms with Crippen LogP contribution in [0.5, 0.6) is 0 Å². The van der Waals surface area contributed by atoms with Gasteiger partial charge in [0.1, 0.15) is 0 Å². The largest absolute Gasteiger partial charge is 0.355 e. The van der Waals surface area contributed by atoms with Crippen molar-refractivity contribution in [1.82, 2.24) is 10.1 Å². The summed E-state index contributed by atoms with van der Waals surface area (Å²) in [7, 11) is -3.17. The lowest BCUT2D eigenvalue weighted by Gasteiger charge is -2.28. The molecule has 0 spiro atoms. The zero-order valence-electron chi connectivity index (χ0n) is 18.9. The molecule has 1 atom stereocenters. The minimum atomic E-state index is -3.17. The van der Waals surface area contributed by atoms with Crippen LogP contribution in [0.3, 0.4) is 0 Å². The van der Waals surface area contributed by atoms with Crippen molar-refractivity contribution in [2.24, 2.45) is 0 Å². The van der Waals surface area contributed by atoms with Gasteiger partial charge in [-0.25, -0.2) is 8.42 Å². The Morgan fingerprint density at radius 2 is 1.79 bits per heavy atom. The van der Waals surface area contributed by atoms with Crippen molar-refractivity contribution < 1.29 is 17.7 Å². The molecule has 0 bridgehead atoms. The number of carbonyl (C=O) groups excluding carboxylic acids is 1. The number of benzene rings is 2. The van der Waals surface area contributed by atoms with Crippen LogP contribution in [0.1, 0.15) is 48.8 Å². The van der Waals surface area contributed by atoms with Gasteiger partial charge < -0.3 is 9.42 Å². The van der Waals surface area contributed by atoms with E-state index in [0.717, 1.165) is 11.1 Å². The number of nitrogens with zero attached hydrogens (tertiary/aromatic N) is 2. The molecule has 1 aliphatic heterocycles. The second kappa shape index (κ2) is 8.95. The maximum absolute atomic E-state index is 13.5. The number of rotatable bonds is 5. The fourth-order valence-electron chi connectivity index (χ4n) is 3.97. The fourth-order valence-corrected chi connectivity index (χ4v) is 5.82. The summed E-state index contributed by atoms with van der Waals surface area (Å²) >= 11 is 5.95. The summed E-state index contributed by atoms with van der Waals surface area (Å²) in [5.74, 6) is 0.143. The van der Waals surface area contributed by atoms with E-state index in [9.17, 15) is 13.2 Å². The Kier molecular flexibility index (Phi) is 6.38. The lowest BCUT2D eigenvalue weighted by Crippen LogP contribution is -2.40. The van der Waals surface area contributed by atoms with Crippen molar-refractivity contribution in [2.75, 3.05) is 11.5 Å². The molecule has 0 unspecified atom stereocenters. The van der Waals surface area contributed by atoms with Crippen LogP contribution in [0.25, 0.3) is 11.3 Å². The summed E-state index contributed by atoms with van der Waals surface area (Å²) in [5.41, 5.74) is 3.04. The van der Waals surface area contributed by atoms with Gasteiger partial charge in [-0.1, -0.05) is 61.8 Å². The second-order valence-electron chi connectivity index (χ2n) is 9.52. The van der Waals surface area contributed by atoms with E-state index in [2.05, 4.69) is 38.1 Å². The van der Waals surface area contributed by atoms with E-state index in [-0.39, 0.29) is 28.5 Å². The van der Waals surface area contributed by atoms with E-state index in [1.807, 2.05) is 12.1 Å². The highest BCUT2D eigenvalue weighted by atomic mass is 35.5. The molecule has 1 fully saturated rings. The molecule has 8 heteroatoms. The molecular formula is C25H27ClN2O4S. The van der Waals surface area contributed by atoms with Gasteiger partial charge in [-0.2, -0.15) is 0 Å². The number of hydrogen-bond acceptors (Lipinski definition) is 5. The minimum absolute atomic E-state index is 0.0202. The molecule has 2 aromatic carbocycles. The zero-order chi connectivity index (χ0) is 23.8. The van der Waals surface area contributed by atoms with Crippen molar-refractivity contribution >= 4 is 27.3 Å². The SMILES string of the molecule is CC(C)(C)c1ccc(CN(C(=O)c2cc(-c3ccc(Cl)cc3)on2)[C@@H]2CCS(=O)(=O)C2)cc1. The number of amides is 1. The zero-order valence-corrected chi connectivity index (χ0v) is 20.5. The van der Waals surface area contributed by atoms with Gasteiger partial charge in [0.2, 0.25) is 0 Å². The summed E-state index contributed by atoms with van der Waals surface area (Å²) in [5, 5.41) is 4.58. The Morgan fingerprint density at radius 3 is 2.36 bits per heavy atom. The monoisotopic (exact) mass is 486 g/mol. The Balaban J connectivity index is 1.61. The van der Waals surface area contributed by atoms with Crippen LogP contribution in [0, 0.1) is 0 Å². The van der Waals surface area contributed by atoms with E-state index in [1.165, 1.54) is 5.56 Å². The Bertz CT molecular complexity index is 1240. The molecule has 1 saturated heterocycles. The molecule has 3 aromatic rings. The highest BCUT2D eigenvalue weighted by Gasteiger charge is 2.36. The molecule has 0 saturated carbocycles. The molecule has 1 amide bonds. The highest BCUT2D eigenvalue weighted by molar-refractivity contribution is 7.91. The van der Waals surface area contributed by atoms with Crippen molar-refractivity contribution in [3.8, 4) is 11.3 Å². The average Bonchev–Trinajstić information content (AvgIpc) is 3.38. The molecule has 33 heavy (non-hydrogen) atoms. The molecule has 174 valence electrons. The minimum Gasteiger partial charge on any atom is -0.355 e. The third-order valence-corrected chi connectivity index (χ3v) is 7.94. The third-order valence-electron chi connectivity index (χ3n) is 5.94. The van der Waals surface area contributed by atoms with Crippen molar-refractivity contribution in [3.05, 3.63) is 76.4 Å². The van der Waals surface area contributed by atoms with Gasteiger partial charge in [0.25, 0.3) is 5.91 Å². The van der Waals surface area contributed by atoms with Gasteiger partial charge in [-0.05, 0) is 47.2 Å². The van der Waals surface area contributed by atoms with Crippen LogP contribution in [0.4, 0.5) is 0 Å². The first-order valence-electron chi connectivity index (χ1n) is 10.9. The molecule has 2 heterocycles. The lowest BCUT2D eigenvalue weighted by atomic mass is 9.86. The predicted molar refractivity (Wildman–Crippen MR) is 129 cm³/mol. The molecule has 0 radical (unpaired) electrons. The van der Waals surface area contributed by atoms with E-state index < -0.39 is 15.9 Å². The highest BCUT2D eigenvalue weighted by Crippen LogP contribution is 2.27. The van der Waals surface area contributed by atoms with E-state index >= 15 is 0 Å². The van der Waals surface area contributed by atoms with Crippen LogP contribution in [0.2, 0.25) is 5.02 Å². The van der Waals surface area contributed by atoms with Crippen molar-refractivity contribution in [1.29, 1.82) is 0 Å². The average molecular weight is 487 g/mol. The second-order valence-corrected chi connectivity index (χ2v) is 12.2. The van der Waals surface area contributed by atoms with Crippen molar-refractivity contribution in [3.63, 3.8) is 0 Å². The van der Waals surface area contributed by atoms with Gasteiger partial charge in [0.05, 0.1) is 11.5 Å².